The number of nitrogens with zero attached hydrogens (tertiary/aromatic N) is 3. The maximum absolute atomic E-state index is 12.6. The van der Waals surface area contributed by atoms with Gasteiger partial charge in [0.2, 0.25) is 5.79 Å². The summed E-state index contributed by atoms with van der Waals surface area (Å²) in [5.41, 5.74) is 1.62. The van der Waals surface area contributed by atoms with Crippen molar-refractivity contribution < 1.29 is 22.4 Å². The summed E-state index contributed by atoms with van der Waals surface area (Å²) < 4.78 is 50.1. The van der Waals surface area contributed by atoms with Gasteiger partial charge in [-0.2, -0.15) is 13.5 Å². The quantitative estimate of drug-likeness (QED) is 0.346. The van der Waals surface area contributed by atoms with E-state index in [2.05, 4.69) is 10.1 Å². The lowest BCUT2D eigenvalue weighted by Gasteiger charge is -2.30. The smallest absolute Gasteiger partial charge is 0.295 e. The Morgan fingerprint density at radius 1 is 1.03 bits per heavy atom. The van der Waals surface area contributed by atoms with Crippen molar-refractivity contribution in [3.8, 4) is 0 Å². The van der Waals surface area contributed by atoms with E-state index in [1.165, 1.54) is 6.33 Å². The summed E-state index contributed by atoms with van der Waals surface area (Å²) in [6, 6.07) is 23.0. The molecule has 9 heteroatoms. The van der Waals surface area contributed by atoms with E-state index in [1.807, 2.05) is 66.7 Å². The maximum atomic E-state index is 12.6. The van der Waals surface area contributed by atoms with Crippen LogP contribution in [0.5, 0.6) is 0 Å². The predicted octanol–water partition coefficient (Wildman–Crippen LogP) is 4.78. The molecule has 1 aliphatic rings. The number of hydrogen-bond donors (Lipinski definition) is 1. The zero-order chi connectivity index (χ0) is 24.9. The molecule has 8 nitrogen and oxygen atoms in total. The minimum atomic E-state index is -4.54. The van der Waals surface area contributed by atoms with E-state index in [-0.39, 0.29) is 18.0 Å². The van der Waals surface area contributed by atoms with Crippen LogP contribution in [0.15, 0.2) is 90.3 Å². The molecule has 1 saturated heterocycles. The van der Waals surface area contributed by atoms with Crippen LogP contribution in [0.3, 0.4) is 0 Å². The van der Waals surface area contributed by atoms with Crippen molar-refractivity contribution in [1.82, 2.24) is 14.8 Å². The third-order valence-corrected chi connectivity index (χ3v) is 7.78. The van der Waals surface area contributed by atoms with Gasteiger partial charge in [-0.3, -0.25) is 4.55 Å². The SMILES string of the molecule is Cc1c(S(=O)(=O)O)c([C@@H]2CO[C@@](Cn3cncn3)(c3cccc4ccccc34)O2)cc2ccccc12. The van der Waals surface area contributed by atoms with Crippen LogP contribution >= 0.6 is 0 Å². The molecule has 1 aliphatic heterocycles. The summed E-state index contributed by atoms with van der Waals surface area (Å²) in [7, 11) is -4.54. The Labute approximate surface area is 207 Å². The van der Waals surface area contributed by atoms with Crippen LogP contribution in [0, 0.1) is 6.92 Å². The lowest BCUT2D eigenvalue weighted by atomic mass is 9.97. The molecule has 0 aliphatic carbocycles. The van der Waals surface area contributed by atoms with Crippen molar-refractivity contribution in [2.75, 3.05) is 6.61 Å². The van der Waals surface area contributed by atoms with Gasteiger partial charge in [0.05, 0.1) is 6.61 Å². The highest BCUT2D eigenvalue weighted by Gasteiger charge is 2.46. The van der Waals surface area contributed by atoms with Crippen LogP contribution in [0.2, 0.25) is 0 Å². The largest absolute Gasteiger partial charge is 0.341 e. The number of aromatic nitrogens is 3. The summed E-state index contributed by atoms with van der Waals surface area (Å²) >= 11 is 0. The summed E-state index contributed by atoms with van der Waals surface area (Å²) in [6.07, 6.45) is 2.26. The van der Waals surface area contributed by atoms with Crippen LogP contribution < -0.4 is 0 Å². The van der Waals surface area contributed by atoms with E-state index in [1.54, 1.807) is 24.0 Å². The highest BCUT2D eigenvalue weighted by atomic mass is 32.2. The van der Waals surface area contributed by atoms with E-state index in [0.717, 1.165) is 27.1 Å². The van der Waals surface area contributed by atoms with Gasteiger partial charge in [0.25, 0.3) is 10.1 Å². The van der Waals surface area contributed by atoms with Gasteiger partial charge in [-0.1, -0.05) is 66.7 Å². The summed E-state index contributed by atoms with van der Waals surface area (Å²) in [5, 5.41) is 7.81. The first-order chi connectivity index (χ1) is 17.4. The van der Waals surface area contributed by atoms with E-state index in [0.29, 0.717) is 11.1 Å². The molecule has 2 heterocycles. The summed E-state index contributed by atoms with van der Waals surface area (Å²) in [5.74, 6) is -1.27. The highest BCUT2D eigenvalue weighted by Crippen LogP contribution is 2.46. The van der Waals surface area contributed by atoms with Crippen LogP contribution in [-0.2, 0) is 31.9 Å². The van der Waals surface area contributed by atoms with Gasteiger partial charge in [0.1, 0.15) is 30.2 Å². The predicted molar refractivity (Wildman–Crippen MR) is 134 cm³/mol. The monoisotopic (exact) mass is 501 g/mol. The standard InChI is InChI=1S/C27H23N3O5S/c1-18-21-10-4-3-8-20(21)13-23(26(18)36(31,32)33)25-14-34-27(35-25,15-30-17-28-16-29-30)24-12-6-9-19-7-2-5-11-22(19)24/h2-13,16-17,25H,14-15H2,1H3,(H,31,32,33)/t25-,27+/m0/s1. The molecule has 0 spiro atoms. The Morgan fingerprint density at radius 2 is 1.75 bits per heavy atom. The van der Waals surface area contributed by atoms with Crippen molar-refractivity contribution in [2.45, 2.75) is 30.3 Å². The summed E-state index contributed by atoms with van der Waals surface area (Å²) in [6.45, 7) is 1.97. The molecule has 0 saturated carbocycles. The molecule has 0 radical (unpaired) electrons. The fourth-order valence-corrected chi connectivity index (χ4v) is 6.16. The number of aryl methyl sites for hydroxylation is 1. The van der Waals surface area contributed by atoms with Crippen molar-refractivity contribution in [2.24, 2.45) is 0 Å². The number of rotatable bonds is 5. The molecule has 4 aromatic carbocycles. The molecule has 0 amide bonds. The third kappa shape index (κ3) is 3.77. The van der Waals surface area contributed by atoms with E-state index >= 15 is 0 Å². The molecule has 1 N–H and O–H groups in total. The molecule has 2 atom stereocenters. The van der Waals surface area contributed by atoms with Gasteiger partial charge in [-0.25, -0.2) is 9.67 Å². The zero-order valence-corrected chi connectivity index (χ0v) is 20.2. The number of benzene rings is 4. The van der Waals surface area contributed by atoms with Gasteiger partial charge in [-0.05, 0) is 40.1 Å². The minimum absolute atomic E-state index is 0.0816. The minimum Gasteiger partial charge on any atom is -0.341 e. The van der Waals surface area contributed by atoms with Crippen molar-refractivity contribution in [3.05, 3.63) is 102 Å². The first-order valence-electron chi connectivity index (χ1n) is 11.5. The lowest BCUT2D eigenvalue weighted by molar-refractivity contribution is -0.188. The van der Waals surface area contributed by atoms with Crippen LogP contribution in [0.4, 0.5) is 0 Å². The molecule has 1 aromatic heterocycles. The van der Waals surface area contributed by atoms with Gasteiger partial charge in [0, 0.05) is 11.1 Å². The summed E-state index contributed by atoms with van der Waals surface area (Å²) in [4.78, 5) is 3.90. The molecule has 5 aromatic rings. The molecular weight excluding hydrogens is 478 g/mol. The fourth-order valence-electron chi connectivity index (χ4n) is 5.17. The van der Waals surface area contributed by atoms with Crippen molar-refractivity contribution in [1.29, 1.82) is 0 Å². The fraction of sp³-hybridized carbons (Fsp3) is 0.185. The van der Waals surface area contributed by atoms with Crippen LogP contribution in [0.1, 0.15) is 22.8 Å². The Bertz CT molecular complexity index is 1700. The number of fused-ring (bicyclic) bond motifs is 2. The maximum Gasteiger partial charge on any atom is 0.295 e. The lowest BCUT2D eigenvalue weighted by Crippen LogP contribution is -2.33. The Hall–Kier alpha value is -3.63. The van der Waals surface area contributed by atoms with Crippen molar-refractivity contribution in [3.63, 3.8) is 0 Å². The Balaban J connectivity index is 1.53. The van der Waals surface area contributed by atoms with E-state index in [4.69, 9.17) is 9.47 Å². The van der Waals surface area contributed by atoms with Gasteiger partial charge >= 0.3 is 0 Å². The zero-order valence-electron chi connectivity index (χ0n) is 19.4. The second-order valence-electron chi connectivity index (χ2n) is 8.91. The third-order valence-electron chi connectivity index (χ3n) is 6.72. The highest BCUT2D eigenvalue weighted by molar-refractivity contribution is 7.86. The normalized spacial score (nSPS) is 20.3. The second-order valence-corrected chi connectivity index (χ2v) is 10.3. The molecule has 182 valence electrons. The molecule has 36 heavy (non-hydrogen) atoms. The van der Waals surface area contributed by atoms with E-state index < -0.39 is 22.0 Å². The van der Waals surface area contributed by atoms with E-state index in [9.17, 15) is 13.0 Å². The molecule has 1 fully saturated rings. The number of hydrogen-bond acceptors (Lipinski definition) is 6. The first-order valence-corrected chi connectivity index (χ1v) is 12.9. The number of ether oxygens (including phenoxy) is 2. The van der Waals surface area contributed by atoms with Crippen LogP contribution in [0.25, 0.3) is 21.5 Å². The molecule has 0 unspecified atom stereocenters. The van der Waals surface area contributed by atoms with Gasteiger partial charge < -0.3 is 9.47 Å². The Morgan fingerprint density at radius 3 is 2.50 bits per heavy atom. The second kappa shape index (κ2) is 8.49. The Kier molecular flexibility index (Phi) is 5.38. The van der Waals surface area contributed by atoms with Gasteiger partial charge in [-0.15, -0.1) is 0 Å². The van der Waals surface area contributed by atoms with Crippen LogP contribution in [-0.4, -0.2) is 34.3 Å². The molecular formula is C27H23N3O5S. The first kappa shape index (κ1) is 22.8. The molecule has 0 bridgehead atoms. The topological polar surface area (TPSA) is 104 Å². The average molecular weight is 502 g/mol. The van der Waals surface area contributed by atoms with Crippen molar-refractivity contribution >= 4 is 31.7 Å². The average Bonchev–Trinajstić information content (AvgIpc) is 3.54. The molecule has 6 rings (SSSR count). The van der Waals surface area contributed by atoms with Gasteiger partial charge in [0.15, 0.2) is 0 Å².